The average Bonchev–Trinajstić information content (AvgIpc) is 3.16. The zero-order valence-corrected chi connectivity index (χ0v) is 13.0. The van der Waals surface area contributed by atoms with E-state index >= 15 is 0 Å². The van der Waals surface area contributed by atoms with E-state index in [1.54, 1.807) is 24.3 Å². The molecule has 9 heteroatoms. The molecule has 0 saturated carbocycles. The molecule has 24 heavy (non-hydrogen) atoms. The Labute approximate surface area is 137 Å². The van der Waals surface area contributed by atoms with Crippen LogP contribution in [0.2, 0.25) is 0 Å². The van der Waals surface area contributed by atoms with Crippen molar-refractivity contribution in [2.45, 2.75) is 0 Å². The molecule has 0 atom stereocenters. The van der Waals surface area contributed by atoms with Gasteiger partial charge in [-0.25, -0.2) is 19.6 Å². The number of amides is 1. The van der Waals surface area contributed by atoms with Crippen LogP contribution in [0.5, 0.6) is 11.5 Å². The summed E-state index contributed by atoms with van der Waals surface area (Å²) >= 11 is 0. The van der Waals surface area contributed by atoms with Crippen molar-refractivity contribution in [2.75, 3.05) is 19.5 Å². The largest absolute Gasteiger partial charge is 0.493 e. The molecule has 3 aromatic rings. The van der Waals surface area contributed by atoms with E-state index in [1.165, 1.54) is 37.9 Å². The number of anilines is 1. The van der Waals surface area contributed by atoms with E-state index in [0.29, 0.717) is 28.7 Å². The highest BCUT2D eigenvalue weighted by molar-refractivity contribution is 6.04. The summed E-state index contributed by atoms with van der Waals surface area (Å²) in [5, 5.41) is 6.68. The maximum Gasteiger partial charge on any atom is 0.256 e. The van der Waals surface area contributed by atoms with Crippen LogP contribution in [0.3, 0.4) is 0 Å². The number of hydrogen-bond donors (Lipinski definition) is 1. The minimum Gasteiger partial charge on any atom is -0.493 e. The molecule has 1 aromatic carbocycles. The minimum absolute atomic E-state index is 0.334. The number of hydrogen-bond acceptors (Lipinski definition) is 7. The van der Waals surface area contributed by atoms with E-state index in [0.717, 1.165) is 0 Å². The third kappa shape index (κ3) is 3.14. The average molecular weight is 326 g/mol. The summed E-state index contributed by atoms with van der Waals surface area (Å²) in [7, 11) is 3.04. The van der Waals surface area contributed by atoms with Crippen molar-refractivity contribution in [3.63, 3.8) is 0 Å². The first-order chi connectivity index (χ1) is 11.7. The summed E-state index contributed by atoms with van der Waals surface area (Å²) in [5.74, 6) is 1.51. The zero-order valence-electron chi connectivity index (χ0n) is 13.0. The lowest BCUT2D eigenvalue weighted by molar-refractivity contribution is 0.102. The molecule has 0 bridgehead atoms. The fourth-order valence-electron chi connectivity index (χ4n) is 2.03. The van der Waals surface area contributed by atoms with Crippen LogP contribution >= 0.6 is 0 Å². The topological polar surface area (TPSA) is 104 Å². The normalized spacial score (nSPS) is 10.2. The van der Waals surface area contributed by atoms with Crippen LogP contribution in [-0.4, -0.2) is 44.9 Å². The lowest BCUT2D eigenvalue weighted by atomic mass is 10.2. The third-order valence-corrected chi connectivity index (χ3v) is 3.19. The van der Waals surface area contributed by atoms with Gasteiger partial charge in [0.2, 0.25) is 0 Å². The molecule has 0 radical (unpaired) electrons. The molecule has 0 aliphatic carbocycles. The van der Waals surface area contributed by atoms with Gasteiger partial charge < -0.3 is 14.8 Å². The Balaban J connectivity index is 1.81. The van der Waals surface area contributed by atoms with Crippen LogP contribution < -0.4 is 14.8 Å². The number of carbonyl (C=O) groups is 1. The smallest absolute Gasteiger partial charge is 0.256 e. The van der Waals surface area contributed by atoms with Gasteiger partial charge in [-0.2, -0.15) is 5.10 Å². The van der Waals surface area contributed by atoms with Gasteiger partial charge in [-0.3, -0.25) is 4.79 Å². The molecular formula is C15H14N6O3. The van der Waals surface area contributed by atoms with E-state index in [2.05, 4.69) is 25.4 Å². The molecule has 9 nitrogen and oxygen atoms in total. The highest BCUT2D eigenvalue weighted by Gasteiger charge is 2.12. The van der Waals surface area contributed by atoms with Gasteiger partial charge in [0.1, 0.15) is 24.8 Å². The Morgan fingerprint density at radius 3 is 2.62 bits per heavy atom. The minimum atomic E-state index is -0.334. The summed E-state index contributed by atoms with van der Waals surface area (Å²) in [4.78, 5) is 24.3. The van der Waals surface area contributed by atoms with Gasteiger partial charge in [0.15, 0.2) is 17.3 Å². The monoisotopic (exact) mass is 326 g/mol. The molecule has 2 heterocycles. The summed E-state index contributed by atoms with van der Waals surface area (Å²) in [6, 6.07) is 6.48. The lowest BCUT2D eigenvalue weighted by Crippen LogP contribution is -2.14. The molecule has 0 saturated heterocycles. The zero-order chi connectivity index (χ0) is 16.9. The molecule has 3 rings (SSSR count). The van der Waals surface area contributed by atoms with Gasteiger partial charge >= 0.3 is 0 Å². The quantitative estimate of drug-likeness (QED) is 0.754. The molecule has 122 valence electrons. The van der Waals surface area contributed by atoms with Crippen LogP contribution in [0.15, 0.2) is 43.2 Å². The lowest BCUT2D eigenvalue weighted by Gasteiger charge is -2.10. The number of ether oxygens (including phenoxy) is 2. The Kier molecular flexibility index (Phi) is 4.32. The Morgan fingerprint density at radius 1 is 1.08 bits per heavy atom. The number of carbonyl (C=O) groups excluding carboxylic acids is 1. The standard InChI is InChI=1S/C15H14N6O3/c1-23-11-4-3-10(5-12(11)24-2)15(22)20-13-6-14(18-8-17-13)21-9-16-7-19-21/h3-9H,1-2H3,(H,17,18,20,22). The first kappa shape index (κ1) is 15.4. The van der Waals surface area contributed by atoms with Crippen LogP contribution in [0.4, 0.5) is 5.82 Å². The van der Waals surface area contributed by atoms with E-state index in [-0.39, 0.29) is 5.91 Å². The van der Waals surface area contributed by atoms with E-state index < -0.39 is 0 Å². The predicted octanol–water partition coefficient (Wildman–Crippen LogP) is 1.33. The molecule has 1 N–H and O–H groups in total. The molecule has 2 aromatic heterocycles. The molecule has 0 spiro atoms. The second kappa shape index (κ2) is 6.73. The van der Waals surface area contributed by atoms with Crippen molar-refractivity contribution < 1.29 is 14.3 Å². The first-order valence-electron chi connectivity index (χ1n) is 6.91. The Bertz CT molecular complexity index is 850. The second-order valence-corrected chi connectivity index (χ2v) is 4.63. The van der Waals surface area contributed by atoms with E-state index in [1.807, 2.05) is 0 Å². The Morgan fingerprint density at radius 2 is 1.92 bits per heavy atom. The maximum atomic E-state index is 12.4. The summed E-state index contributed by atoms with van der Waals surface area (Å²) in [5.41, 5.74) is 0.411. The molecule has 0 unspecified atom stereocenters. The van der Waals surface area contributed by atoms with Crippen LogP contribution in [0.25, 0.3) is 5.82 Å². The van der Waals surface area contributed by atoms with E-state index in [9.17, 15) is 4.79 Å². The van der Waals surface area contributed by atoms with Crippen LogP contribution in [-0.2, 0) is 0 Å². The van der Waals surface area contributed by atoms with Gasteiger partial charge in [-0.1, -0.05) is 0 Å². The molecule has 1 amide bonds. The Hall–Kier alpha value is -3.49. The second-order valence-electron chi connectivity index (χ2n) is 4.63. The van der Waals surface area contributed by atoms with Crippen molar-refractivity contribution in [3.8, 4) is 17.3 Å². The first-order valence-corrected chi connectivity index (χ1v) is 6.91. The van der Waals surface area contributed by atoms with Gasteiger partial charge in [-0.05, 0) is 18.2 Å². The van der Waals surface area contributed by atoms with Gasteiger partial charge in [0.05, 0.1) is 14.2 Å². The number of nitrogens with one attached hydrogen (secondary N) is 1. The van der Waals surface area contributed by atoms with Gasteiger partial charge in [0.25, 0.3) is 5.91 Å². The number of aromatic nitrogens is 5. The molecule has 0 aliphatic heterocycles. The highest BCUT2D eigenvalue weighted by atomic mass is 16.5. The molecule has 0 fully saturated rings. The fourth-order valence-corrected chi connectivity index (χ4v) is 2.03. The number of benzene rings is 1. The van der Waals surface area contributed by atoms with Crippen molar-refractivity contribution in [1.82, 2.24) is 24.7 Å². The predicted molar refractivity (Wildman–Crippen MR) is 84.4 cm³/mol. The van der Waals surface area contributed by atoms with Gasteiger partial charge in [-0.15, -0.1) is 0 Å². The van der Waals surface area contributed by atoms with Crippen LogP contribution in [0.1, 0.15) is 10.4 Å². The highest BCUT2D eigenvalue weighted by Crippen LogP contribution is 2.27. The van der Waals surface area contributed by atoms with E-state index in [4.69, 9.17) is 9.47 Å². The van der Waals surface area contributed by atoms with Crippen LogP contribution in [0, 0.1) is 0 Å². The van der Waals surface area contributed by atoms with Crippen molar-refractivity contribution in [2.24, 2.45) is 0 Å². The summed E-state index contributed by atoms with van der Waals surface area (Å²) in [6.07, 6.45) is 4.23. The fraction of sp³-hybridized carbons (Fsp3) is 0.133. The maximum absolute atomic E-state index is 12.4. The summed E-state index contributed by atoms with van der Waals surface area (Å²) in [6.45, 7) is 0. The van der Waals surface area contributed by atoms with Crippen molar-refractivity contribution in [1.29, 1.82) is 0 Å². The third-order valence-electron chi connectivity index (χ3n) is 3.19. The number of nitrogens with zero attached hydrogens (tertiary/aromatic N) is 5. The number of methoxy groups -OCH3 is 2. The van der Waals surface area contributed by atoms with Crippen molar-refractivity contribution >= 4 is 11.7 Å². The number of rotatable bonds is 5. The summed E-state index contributed by atoms with van der Waals surface area (Å²) < 4.78 is 11.8. The van der Waals surface area contributed by atoms with Gasteiger partial charge in [0, 0.05) is 11.6 Å². The molecule has 0 aliphatic rings. The SMILES string of the molecule is COc1ccc(C(=O)Nc2cc(-n3cncn3)ncn2)cc1OC. The molecular weight excluding hydrogens is 312 g/mol. The van der Waals surface area contributed by atoms with Crippen molar-refractivity contribution in [3.05, 3.63) is 48.8 Å².